The smallest absolute Gasteiger partial charge is 0.131 e. The van der Waals surface area contributed by atoms with E-state index in [1.54, 1.807) is 6.07 Å². The Morgan fingerprint density at radius 3 is 2.32 bits per heavy atom. The zero-order chi connectivity index (χ0) is 26.6. The fraction of sp³-hybridized carbons (Fsp3) is 0.556. The van der Waals surface area contributed by atoms with E-state index in [2.05, 4.69) is 56.3 Å². The SMILES string of the molecule is CCCCCOC1CCC(C2C=CC(CC/C=C/c3ccc(-c4ccc(CCC)cc4)cc3F)CC2)CC1. The molecule has 0 heterocycles. The van der Waals surface area contributed by atoms with E-state index in [9.17, 15) is 4.39 Å². The van der Waals surface area contributed by atoms with Gasteiger partial charge in [0.1, 0.15) is 5.82 Å². The second-order valence-corrected chi connectivity index (χ2v) is 11.7. The molecule has 4 rings (SSSR count). The Balaban J connectivity index is 1.17. The highest BCUT2D eigenvalue weighted by Crippen LogP contribution is 2.38. The average Bonchev–Trinajstić information content (AvgIpc) is 2.95. The van der Waals surface area contributed by atoms with Crippen molar-refractivity contribution in [2.75, 3.05) is 6.61 Å². The van der Waals surface area contributed by atoms with E-state index in [-0.39, 0.29) is 5.82 Å². The molecule has 2 aliphatic carbocycles. The van der Waals surface area contributed by atoms with Gasteiger partial charge in [-0.05, 0) is 105 Å². The van der Waals surface area contributed by atoms with Gasteiger partial charge >= 0.3 is 0 Å². The molecule has 1 fully saturated rings. The summed E-state index contributed by atoms with van der Waals surface area (Å²) in [5.74, 6) is 2.14. The molecule has 0 radical (unpaired) electrons. The maximum Gasteiger partial charge on any atom is 0.131 e. The molecule has 0 amide bonds. The minimum atomic E-state index is -0.141. The van der Waals surface area contributed by atoms with Crippen LogP contribution in [0.2, 0.25) is 0 Å². The molecule has 206 valence electrons. The molecule has 0 aliphatic heterocycles. The Morgan fingerprint density at radius 2 is 1.63 bits per heavy atom. The predicted octanol–water partition coefficient (Wildman–Crippen LogP) is 10.6. The zero-order valence-electron chi connectivity index (χ0n) is 23.8. The van der Waals surface area contributed by atoms with Crippen LogP contribution in [0.5, 0.6) is 0 Å². The maximum absolute atomic E-state index is 14.8. The maximum atomic E-state index is 14.8. The first-order chi connectivity index (χ1) is 18.7. The number of halogens is 1. The van der Waals surface area contributed by atoms with Crippen LogP contribution in [0.3, 0.4) is 0 Å². The minimum Gasteiger partial charge on any atom is -0.378 e. The van der Waals surface area contributed by atoms with Crippen LogP contribution in [0, 0.1) is 23.6 Å². The molecule has 2 aliphatic rings. The summed E-state index contributed by atoms with van der Waals surface area (Å²) in [5, 5.41) is 0. The quantitative estimate of drug-likeness (QED) is 0.190. The Morgan fingerprint density at radius 1 is 0.842 bits per heavy atom. The van der Waals surface area contributed by atoms with Crippen LogP contribution >= 0.6 is 0 Å². The topological polar surface area (TPSA) is 9.23 Å². The Hall–Kier alpha value is -2.19. The van der Waals surface area contributed by atoms with E-state index >= 15 is 0 Å². The van der Waals surface area contributed by atoms with Gasteiger partial charge in [0, 0.05) is 12.2 Å². The molecular formula is C36H49FO. The van der Waals surface area contributed by atoms with Crippen molar-refractivity contribution in [2.45, 2.75) is 103 Å². The fourth-order valence-electron chi connectivity index (χ4n) is 6.33. The van der Waals surface area contributed by atoms with Crippen LogP contribution in [-0.2, 0) is 11.2 Å². The molecule has 0 N–H and O–H groups in total. The first kappa shape index (κ1) is 28.8. The molecular weight excluding hydrogens is 467 g/mol. The zero-order valence-corrected chi connectivity index (χ0v) is 23.8. The van der Waals surface area contributed by atoms with Gasteiger partial charge in [-0.3, -0.25) is 0 Å². The summed E-state index contributed by atoms with van der Waals surface area (Å²) in [6.45, 7) is 5.39. The summed E-state index contributed by atoms with van der Waals surface area (Å²) in [6, 6.07) is 14.1. The third-order valence-corrected chi connectivity index (χ3v) is 8.75. The Bertz CT molecular complexity index is 1010. The second-order valence-electron chi connectivity index (χ2n) is 11.7. The standard InChI is InChI=1S/C36H49FO/c1-3-5-8-26-38-35-24-22-31(23-25-35)30-16-14-29(15-17-30)10-6-7-11-33-20-21-34(27-36(33)37)32-18-12-28(9-4-2)13-19-32/h7,11-14,16,18-21,27,29-31,35H,3-6,8-10,15,17,22-26H2,1-2H3/b11-7+. The number of benzene rings is 2. The fourth-order valence-corrected chi connectivity index (χ4v) is 6.33. The molecule has 1 saturated carbocycles. The highest BCUT2D eigenvalue weighted by Gasteiger charge is 2.28. The van der Waals surface area contributed by atoms with Crippen molar-refractivity contribution < 1.29 is 9.13 Å². The number of aryl methyl sites for hydroxylation is 1. The number of unbranched alkanes of at least 4 members (excludes halogenated alkanes) is 2. The normalized spacial score (nSPS) is 23.8. The van der Waals surface area contributed by atoms with Crippen LogP contribution in [0.25, 0.3) is 17.2 Å². The first-order valence-electron chi connectivity index (χ1n) is 15.5. The van der Waals surface area contributed by atoms with Gasteiger partial charge in [-0.15, -0.1) is 0 Å². The van der Waals surface area contributed by atoms with Crippen molar-refractivity contribution in [3.63, 3.8) is 0 Å². The lowest BCUT2D eigenvalue weighted by atomic mass is 9.73. The molecule has 2 unspecified atom stereocenters. The summed E-state index contributed by atoms with van der Waals surface area (Å²) in [5.41, 5.74) is 4.04. The summed E-state index contributed by atoms with van der Waals surface area (Å²) >= 11 is 0. The third kappa shape index (κ3) is 8.67. The van der Waals surface area contributed by atoms with Crippen LogP contribution in [-0.4, -0.2) is 12.7 Å². The highest BCUT2D eigenvalue weighted by molar-refractivity contribution is 5.66. The minimum absolute atomic E-state index is 0.141. The summed E-state index contributed by atoms with van der Waals surface area (Å²) < 4.78 is 20.9. The van der Waals surface area contributed by atoms with E-state index in [1.165, 1.54) is 63.4 Å². The van der Waals surface area contributed by atoms with Crippen LogP contribution in [0.15, 0.2) is 60.7 Å². The van der Waals surface area contributed by atoms with Crippen LogP contribution < -0.4 is 0 Å². The number of hydrogen-bond acceptors (Lipinski definition) is 1. The van der Waals surface area contributed by atoms with Crippen LogP contribution in [0.4, 0.5) is 4.39 Å². The number of ether oxygens (including phenoxy) is 1. The van der Waals surface area contributed by atoms with Crippen molar-refractivity contribution in [3.05, 3.63) is 77.6 Å². The van der Waals surface area contributed by atoms with E-state index in [0.717, 1.165) is 55.3 Å². The second kappa shape index (κ2) is 15.4. The van der Waals surface area contributed by atoms with Crippen molar-refractivity contribution in [3.8, 4) is 11.1 Å². The predicted molar refractivity (Wildman–Crippen MR) is 161 cm³/mol. The van der Waals surface area contributed by atoms with Gasteiger partial charge in [0.05, 0.1) is 6.10 Å². The molecule has 2 aromatic carbocycles. The van der Waals surface area contributed by atoms with Gasteiger partial charge in [-0.1, -0.05) is 93.8 Å². The largest absolute Gasteiger partial charge is 0.378 e. The lowest BCUT2D eigenvalue weighted by Gasteiger charge is -2.35. The summed E-state index contributed by atoms with van der Waals surface area (Å²) in [7, 11) is 0. The van der Waals surface area contributed by atoms with E-state index in [1.807, 2.05) is 18.2 Å². The Labute approximate surface area is 231 Å². The van der Waals surface area contributed by atoms with Crippen molar-refractivity contribution in [1.82, 2.24) is 0 Å². The van der Waals surface area contributed by atoms with Gasteiger partial charge in [0.25, 0.3) is 0 Å². The first-order valence-corrected chi connectivity index (χ1v) is 15.5. The highest BCUT2D eigenvalue weighted by atomic mass is 19.1. The van der Waals surface area contributed by atoms with E-state index in [4.69, 9.17) is 4.74 Å². The third-order valence-electron chi connectivity index (χ3n) is 8.75. The summed E-state index contributed by atoms with van der Waals surface area (Å²) in [4.78, 5) is 0. The molecule has 2 aromatic rings. The Kier molecular flexibility index (Phi) is 11.7. The van der Waals surface area contributed by atoms with Crippen molar-refractivity contribution >= 4 is 6.08 Å². The van der Waals surface area contributed by atoms with Gasteiger partial charge in [-0.2, -0.15) is 0 Å². The number of hydrogen-bond donors (Lipinski definition) is 0. The van der Waals surface area contributed by atoms with Gasteiger partial charge in [0.15, 0.2) is 0 Å². The number of rotatable bonds is 13. The lowest BCUT2D eigenvalue weighted by molar-refractivity contribution is 0.0110. The molecule has 0 saturated heterocycles. The monoisotopic (exact) mass is 516 g/mol. The van der Waals surface area contributed by atoms with E-state index in [0.29, 0.717) is 17.6 Å². The molecule has 2 atom stereocenters. The van der Waals surface area contributed by atoms with Crippen LogP contribution in [0.1, 0.15) is 102 Å². The van der Waals surface area contributed by atoms with Gasteiger partial charge in [-0.25, -0.2) is 4.39 Å². The van der Waals surface area contributed by atoms with E-state index < -0.39 is 0 Å². The molecule has 2 heteroatoms. The molecule has 38 heavy (non-hydrogen) atoms. The molecule has 1 nitrogen and oxygen atoms in total. The molecule has 0 spiro atoms. The van der Waals surface area contributed by atoms with Crippen molar-refractivity contribution in [1.29, 1.82) is 0 Å². The van der Waals surface area contributed by atoms with Gasteiger partial charge in [0.2, 0.25) is 0 Å². The summed E-state index contributed by atoms with van der Waals surface area (Å²) in [6.07, 6.45) is 25.6. The van der Waals surface area contributed by atoms with Crippen molar-refractivity contribution in [2.24, 2.45) is 17.8 Å². The average molecular weight is 517 g/mol. The molecule has 0 bridgehead atoms. The lowest BCUT2D eigenvalue weighted by Crippen LogP contribution is -2.27. The number of allylic oxidation sites excluding steroid dienone is 3. The molecule has 0 aromatic heterocycles. The van der Waals surface area contributed by atoms with Gasteiger partial charge < -0.3 is 4.74 Å².